The number of nitrogens with one attached hydrogen (secondary N) is 1. The Bertz CT molecular complexity index is 1050. The first-order chi connectivity index (χ1) is 13.3. The summed E-state index contributed by atoms with van der Waals surface area (Å²) in [4.78, 5) is 17.0. The molecular weight excluding hydrogens is 340 g/mol. The van der Waals surface area contributed by atoms with Crippen molar-refractivity contribution in [2.24, 2.45) is 0 Å². The summed E-state index contributed by atoms with van der Waals surface area (Å²) in [7, 11) is 0. The lowest BCUT2D eigenvalue weighted by Crippen LogP contribution is -2.22. The van der Waals surface area contributed by atoms with Crippen molar-refractivity contribution in [1.82, 2.24) is 19.9 Å². The molecule has 0 aliphatic heterocycles. The fourth-order valence-electron chi connectivity index (χ4n) is 2.70. The van der Waals surface area contributed by atoms with Gasteiger partial charge in [0.1, 0.15) is 12.2 Å². The molecule has 134 valence electrons. The maximum atomic E-state index is 12.5. The third-order valence-electron chi connectivity index (χ3n) is 4.11. The number of benzene rings is 2. The third kappa shape index (κ3) is 3.95. The Morgan fingerprint density at radius 3 is 2.41 bits per heavy atom. The van der Waals surface area contributed by atoms with Crippen molar-refractivity contribution in [3.63, 3.8) is 0 Å². The van der Waals surface area contributed by atoms with E-state index in [0.29, 0.717) is 30.2 Å². The number of carbonyl (C=O) groups excluding carboxylic acids is 1. The van der Waals surface area contributed by atoms with Gasteiger partial charge in [-0.25, -0.2) is 4.52 Å². The average molecular weight is 358 g/mol. The second-order valence-corrected chi connectivity index (χ2v) is 6.03. The second kappa shape index (κ2) is 7.70. The largest absolute Gasteiger partial charge is 0.473 e. The first-order valence-electron chi connectivity index (χ1n) is 8.63. The van der Waals surface area contributed by atoms with Crippen LogP contribution in [0.2, 0.25) is 0 Å². The predicted molar refractivity (Wildman–Crippen MR) is 101 cm³/mol. The number of hydrogen-bond acceptors (Lipinski definition) is 4. The molecule has 6 nitrogen and oxygen atoms in total. The molecule has 0 atom stereocenters. The van der Waals surface area contributed by atoms with Crippen LogP contribution in [0, 0.1) is 0 Å². The smallest absolute Gasteiger partial charge is 0.257 e. The van der Waals surface area contributed by atoms with Crippen LogP contribution in [-0.4, -0.2) is 20.5 Å². The van der Waals surface area contributed by atoms with E-state index in [9.17, 15) is 4.79 Å². The molecule has 4 aromatic rings. The molecule has 1 N–H and O–H groups in total. The molecule has 0 radical (unpaired) electrons. The minimum atomic E-state index is -0.221. The Kier molecular flexibility index (Phi) is 4.78. The first kappa shape index (κ1) is 16.8. The average Bonchev–Trinajstić information content (AvgIpc) is 3.15. The van der Waals surface area contributed by atoms with Crippen LogP contribution in [-0.2, 0) is 13.2 Å². The Labute approximate surface area is 156 Å². The Morgan fingerprint density at radius 2 is 1.67 bits per heavy atom. The molecule has 2 aromatic carbocycles. The van der Waals surface area contributed by atoms with E-state index in [2.05, 4.69) is 15.4 Å². The Morgan fingerprint density at radius 1 is 0.963 bits per heavy atom. The summed E-state index contributed by atoms with van der Waals surface area (Å²) in [5.41, 5.74) is 2.96. The van der Waals surface area contributed by atoms with E-state index in [4.69, 9.17) is 4.74 Å². The van der Waals surface area contributed by atoms with E-state index in [1.54, 1.807) is 16.8 Å². The van der Waals surface area contributed by atoms with Gasteiger partial charge in [-0.3, -0.25) is 4.79 Å². The van der Waals surface area contributed by atoms with Gasteiger partial charge in [0, 0.05) is 18.8 Å². The minimum absolute atomic E-state index is 0.221. The van der Waals surface area contributed by atoms with Crippen molar-refractivity contribution in [2.75, 3.05) is 0 Å². The summed E-state index contributed by atoms with van der Waals surface area (Å²) in [6, 6.07) is 21.3. The summed E-state index contributed by atoms with van der Waals surface area (Å²) >= 11 is 0. The van der Waals surface area contributed by atoms with Crippen molar-refractivity contribution in [3.05, 3.63) is 95.8 Å². The number of nitrogens with zero attached hydrogens (tertiary/aromatic N) is 3. The molecular formula is C21H18N4O2. The number of carbonyl (C=O) groups is 1. The van der Waals surface area contributed by atoms with Crippen molar-refractivity contribution in [3.8, 4) is 5.88 Å². The molecule has 0 unspecified atom stereocenters. The molecule has 4 rings (SSSR count). The van der Waals surface area contributed by atoms with Crippen LogP contribution in [0.1, 0.15) is 21.5 Å². The van der Waals surface area contributed by atoms with Gasteiger partial charge in [0.2, 0.25) is 5.88 Å². The van der Waals surface area contributed by atoms with E-state index >= 15 is 0 Å². The predicted octanol–water partition coefficient (Wildman–Crippen LogP) is 3.24. The number of ether oxygens (including phenoxy) is 1. The van der Waals surface area contributed by atoms with Gasteiger partial charge in [0.25, 0.3) is 5.91 Å². The quantitative estimate of drug-likeness (QED) is 0.574. The van der Waals surface area contributed by atoms with E-state index in [0.717, 1.165) is 11.1 Å². The number of fused-ring (bicyclic) bond motifs is 1. The normalized spacial score (nSPS) is 10.7. The minimum Gasteiger partial charge on any atom is -0.473 e. The number of amides is 1. The van der Waals surface area contributed by atoms with E-state index < -0.39 is 0 Å². The summed E-state index contributed by atoms with van der Waals surface area (Å²) < 4.78 is 7.31. The highest BCUT2D eigenvalue weighted by Gasteiger charge is 2.14. The lowest BCUT2D eigenvalue weighted by Gasteiger charge is -2.07. The van der Waals surface area contributed by atoms with Gasteiger partial charge in [-0.15, -0.1) is 0 Å². The van der Waals surface area contributed by atoms with Crippen molar-refractivity contribution < 1.29 is 9.53 Å². The molecule has 0 bridgehead atoms. The van der Waals surface area contributed by atoms with Gasteiger partial charge in [-0.1, -0.05) is 60.7 Å². The summed E-state index contributed by atoms with van der Waals surface area (Å²) in [6.45, 7) is 0.856. The zero-order valence-corrected chi connectivity index (χ0v) is 14.6. The van der Waals surface area contributed by atoms with Crippen LogP contribution in [0.15, 0.2) is 79.1 Å². The van der Waals surface area contributed by atoms with E-state index in [-0.39, 0.29) is 5.91 Å². The summed E-state index contributed by atoms with van der Waals surface area (Å²) in [6.07, 6.45) is 3.25. The number of rotatable bonds is 6. The van der Waals surface area contributed by atoms with Crippen molar-refractivity contribution in [2.45, 2.75) is 13.2 Å². The van der Waals surface area contributed by atoms with Crippen LogP contribution >= 0.6 is 0 Å². The molecule has 0 spiro atoms. The second-order valence-electron chi connectivity index (χ2n) is 6.03. The highest BCUT2D eigenvalue weighted by atomic mass is 16.5. The van der Waals surface area contributed by atoms with Crippen LogP contribution < -0.4 is 10.1 Å². The topological polar surface area (TPSA) is 68.5 Å². The van der Waals surface area contributed by atoms with Crippen molar-refractivity contribution >= 4 is 11.6 Å². The standard InChI is InChI=1S/C21H18N4O2/c26-21(22-13-16-7-3-1-4-8-16)18-14-23-25-12-11-19(24-20(18)25)27-15-17-9-5-2-6-10-17/h1-12,14H,13,15H2,(H,22,26). The van der Waals surface area contributed by atoms with Gasteiger partial charge in [0.15, 0.2) is 5.65 Å². The molecule has 2 heterocycles. The zero-order chi connectivity index (χ0) is 18.5. The molecule has 2 aromatic heterocycles. The van der Waals surface area contributed by atoms with E-state index in [1.165, 1.54) is 6.20 Å². The Balaban J connectivity index is 1.48. The summed E-state index contributed by atoms with van der Waals surface area (Å²) in [5, 5.41) is 7.09. The van der Waals surface area contributed by atoms with E-state index in [1.807, 2.05) is 60.7 Å². The first-order valence-corrected chi connectivity index (χ1v) is 8.63. The monoisotopic (exact) mass is 358 g/mol. The lowest BCUT2D eigenvalue weighted by atomic mass is 10.2. The molecule has 0 fully saturated rings. The van der Waals surface area contributed by atoms with Gasteiger partial charge in [-0.2, -0.15) is 10.1 Å². The lowest BCUT2D eigenvalue weighted by molar-refractivity contribution is 0.0952. The van der Waals surface area contributed by atoms with Crippen molar-refractivity contribution in [1.29, 1.82) is 0 Å². The fourth-order valence-corrected chi connectivity index (χ4v) is 2.70. The van der Waals surface area contributed by atoms with Gasteiger partial charge in [-0.05, 0) is 11.1 Å². The molecule has 0 saturated heterocycles. The molecule has 1 amide bonds. The van der Waals surface area contributed by atoms with Gasteiger partial charge >= 0.3 is 0 Å². The van der Waals surface area contributed by atoms with Gasteiger partial charge < -0.3 is 10.1 Å². The maximum Gasteiger partial charge on any atom is 0.257 e. The highest BCUT2D eigenvalue weighted by molar-refractivity contribution is 5.99. The molecule has 27 heavy (non-hydrogen) atoms. The SMILES string of the molecule is O=C(NCc1ccccc1)c1cnn2ccc(OCc3ccccc3)nc12. The molecule has 0 saturated carbocycles. The fraction of sp³-hybridized carbons (Fsp3) is 0.0952. The highest BCUT2D eigenvalue weighted by Crippen LogP contribution is 2.15. The van der Waals surface area contributed by atoms with Crippen LogP contribution in [0.5, 0.6) is 5.88 Å². The van der Waals surface area contributed by atoms with Crippen LogP contribution in [0.3, 0.4) is 0 Å². The summed E-state index contributed by atoms with van der Waals surface area (Å²) in [5.74, 6) is 0.227. The molecule has 0 aliphatic rings. The number of hydrogen-bond donors (Lipinski definition) is 1. The Hall–Kier alpha value is -3.67. The van der Waals surface area contributed by atoms with Gasteiger partial charge in [0.05, 0.1) is 6.20 Å². The van der Waals surface area contributed by atoms with Crippen LogP contribution in [0.4, 0.5) is 0 Å². The number of aromatic nitrogens is 3. The maximum absolute atomic E-state index is 12.5. The van der Waals surface area contributed by atoms with Crippen LogP contribution in [0.25, 0.3) is 5.65 Å². The third-order valence-corrected chi connectivity index (χ3v) is 4.11. The molecule has 6 heteroatoms. The molecule has 0 aliphatic carbocycles. The zero-order valence-electron chi connectivity index (χ0n) is 14.6.